The number of halogens is 4. The molecule has 2 aliphatic heterocycles. The maximum atomic E-state index is 14.0. The lowest BCUT2D eigenvalue weighted by Crippen LogP contribution is -2.49. The summed E-state index contributed by atoms with van der Waals surface area (Å²) in [5.41, 5.74) is -0.771. The largest absolute Gasteiger partial charge is 0.496 e. The van der Waals surface area contributed by atoms with Crippen molar-refractivity contribution in [3.8, 4) is 5.75 Å². The first-order valence-corrected chi connectivity index (χ1v) is 17.8. The van der Waals surface area contributed by atoms with E-state index < -0.39 is 51.2 Å². The Balaban J connectivity index is 1.14. The van der Waals surface area contributed by atoms with Gasteiger partial charge < -0.3 is 20.3 Å². The van der Waals surface area contributed by atoms with Crippen LogP contribution in [-0.2, 0) is 20.8 Å². The van der Waals surface area contributed by atoms with Crippen LogP contribution in [0.25, 0.3) is 10.2 Å². The van der Waals surface area contributed by atoms with Gasteiger partial charge in [-0.2, -0.15) is 13.2 Å². The average molecular weight is 681 g/mol. The molecule has 2 N–H and O–H groups in total. The van der Waals surface area contributed by atoms with Crippen molar-refractivity contribution in [3.05, 3.63) is 47.3 Å². The highest BCUT2D eigenvalue weighted by Gasteiger charge is 2.52. The maximum Gasteiger partial charge on any atom is 0.419 e. The van der Waals surface area contributed by atoms with E-state index in [1.54, 1.807) is 12.1 Å². The van der Waals surface area contributed by atoms with Crippen molar-refractivity contribution in [1.82, 2.24) is 10.3 Å². The number of hydrogen-bond acceptors (Lipinski definition) is 8. The molecule has 3 aromatic rings. The van der Waals surface area contributed by atoms with Gasteiger partial charge in [-0.05, 0) is 79.7 Å². The molecule has 3 heterocycles. The van der Waals surface area contributed by atoms with E-state index in [1.165, 1.54) is 18.4 Å². The second-order valence-electron chi connectivity index (χ2n) is 13.0. The van der Waals surface area contributed by atoms with Crippen LogP contribution < -0.4 is 20.3 Å². The summed E-state index contributed by atoms with van der Waals surface area (Å²) in [6.07, 6.45) is -1.81. The van der Waals surface area contributed by atoms with E-state index in [4.69, 9.17) is 9.72 Å². The maximum absolute atomic E-state index is 14.0. The van der Waals surface area contributed by atoms with E-state index in [0.29, 0.717) is 52.7 Å². The molecule has 4 fully saturated rings. The molecule has 1 aromatic heterocycles. The summed E-state index contributed by atoms with van der Waals surface area (Å²) in [5, 5.41) is 6.29. The third-order valence-corrected chi connectivity index (χ3v) is 13.0. The number of sulfone groups is 1. The average Bonchev–Trinajstić information content (AvgIpc) is 3.71. The fourth-order valence-electron chi connectivity index (χ4n) is 8.13. The smallest absolute Gasteiger partial charge is 0.419 e. The van der Waals surface area contributed by atoms with E-state index >= 15 is 0 Å². The topological polar surface area (TPSA) is 118 Å². The number of hydrogen-bond donors (Lipinski definition) is 2. The van der Waals surface area contributed by atoms with Crippen molar-refractivity contribution in [3.63, 3.8) is 0 Å². The molecule has 2 amide bonds. The second kappa shape index (κ2) is 11.4. The number of nitrogens with zero attached hydrogens (tertiary/aromatic N) is 2. The zero-order chi connectivity index (χ0) is 32.5. The van der Waals surface area contributed by atoms with Crippen molar-refractivity contribution in [2.24, 2.45) is 29.6 Å². The highest BCUT2D eigenvalue weighted by Crippen LogP contribution is 2.49. The standard InChI is InChI=1S/C31H32F4N4O5S2/c1-44-23-7-6-22-27(45-30(37-22)39-11-15-8-16(12-39)14-46(42,43)13-15)25(23)29(41)38-26-18-3-2-17(9-18)24(26)28(40)36-19-4-5-21(32)20(10-19)31(33,34)35/h4-7,10,15-18,24,26H,2-3,8-9,11-14H2,1H3,(H,36,40)(H,38,41)/t15?,16?,17-,18+,24+,26-/m1/s1. The summed E-state index contributed by atoms with van der Waals surface area (Å²) in [6, 6.07) is 5.21. The molecule has 9 nitrogen and oxygen atoms in total. The summed E-state index contributed by atoms with van der Waals surface area (Å²) in [4.78, 5) is 34.4. The third-order valence-electron chi connectivity index (χ3n) is 9.88. The normalized spacial score (nSPS) is 28.3. The number of amides is 2. The molecule has 6 atom stereocenters. The Labute approximate surface area is 266 Å². The number of carbonyl (C=O) groups is 2. The predicted molar refractivity (Wildman–Crippen MR) is 164 cm³/mol. The lowest BCUT2D eigenvalue weighted by Gasteiger charge is -2.40. The molecule has 46 heavy (non-hydrogen) atoms. The Hall–Kier alpha value is -3.46. The van der Waals surface area contributed by atoms with Gasteiger partial charge in [-0.25, -0.2) is 17.8 Å². The number of anilines is 2. The van der Waals surface area contributed by atoms with Crippen LogP contribution in [0, 0.1) is 35.4 Å². The molecule has 0 radical (unpaired) electrons. The highest BCUT2D eigenvalue weighted by atomic mass is 32.2. The minimum atomic E-state index is -4.92. The van der Waals surface area contributed by atoms with Gasteiger partial charge in [0.2, 0.25) is 5.91 Å². The minimum Gasteiger partial charge on any atom is -0.496 e. The zero-order valence-corrected chi connectivity index (χ0v) is 26.4. The summed E-state index contributed by atoms with van der Waals surface area (Å²) in [7, 11) is -1.60. The van der Waals surface area contributed by atoms with Crippen LogP contribution in [0.2, 0.25) is 0 Å². The highest BCUT2D eigenvalue weighted by molar-refractivity contribution is 7.91. The van der Waals surface area contributed by atoms with Gasteiger partial charge >= 0.3 is 6.18 Å². The van der Waals surface area contributed by atoms with Crippen LogP contribution in [0.5, 0.6) is 5.75 Å². The number of nitrogens with one attached hydrogen (secondary N) is 2. The number of rotatable bonds is 6. The molecule has 4 aliphatic rings. The van der Waals surface area contributed by atoms with Gasteiger partial charge in [-0.1, -0.05) is 11.3 Å². The first kappa shape index (κ1) is 31.2. The quantitative estimate of drug-likeness (QED) is 0.348. The van der Waals surface area contributed by atoms with Crippen LogP contribution in [-0.4, -0.2) is 63.0 Å². The minimum absolute atomic E-state index is 0.00918. The van der Waals surface area contributed by atoms with E-state index in [9.17, 15) is 35.6 Å². The van der Waals surface area contributed by atoms with Gasteiger partial charge in [0.25, 0.3) is 5.91 Å². The summed E-state index contributed by atoms with van der Waals surface area (Å²) in [6.45, 7) is 1.13. The van der Waals surface area contributed by atoms with Crippen molar-refractivity contribution < 1.29 is 40.3 Å². The molecular weight excluding hydrogens is 648 g/mol. The zero-order valence-electron chi connectivity index (χ0n) is 24.8. The number of thiazole rings is 1. The number of carbonyl (C=O) groups excluding carboxylic acids is 2. The first-order chi connectivity index (χ1) is 21.8. The molecule has 0 spiro atoms. The second-order valence-corrected chi connectivity index (χ2v) is 16.1. The summed E-state index contributed by atoms with van der Waals surface area (Å²) >= 11 is 1.34. The Morgan fingerprint density at radius 3 is 2.46 bits per heavy atom. The van der Waals surface area contributed by atoms with Crippen molar-refractivity contribution in [2.45, 2.75) is 37.9 Å². The van der Waals surface area contributed by atoms with Gasteiger partial charge in [-0.3, -0.25) is 9.59 Å². The molecule has 2 aliphatic carbocycles. The monoisotopic (exact) mass is 680 g/mol. The lowest BCUT2D eigenvalue weighted by atomic mass is 9.83. The van der Waals surface area contributed by atoms with Gasteiger partial charge in [0.1, 0.15) is 17.1 Å². The Morgan fingerprint density at radius 1 is 1.04 bits per heavy atom. The Morgan fingerprint density at radius 2 is 1.76 bits per heavy atom. The van der Waals surface area contributed by atoms with Crippen LogP contribution in [0.15, 0.2) is 30.3 Å². The third kappa shape index (κ3) is 5.69. The van der Waals surface area contributed by atoms with Gasteiger partial charge in [0.05, 0.1) is 40.3 Å². The van der Waals surface area contributed by atoms with Crippen LogP contribution in [0.4, 0.5) is 28.4 Å². The molecule has 2 saturated heterocycles. The molecular formula is C31H32F4N4O5S2. The molecule has 246 valence electrons. The molecule has 15 heteroatoms. The number of methoxy groups -OCH3 is 1. The number of piperidine rings is 1. The molecule has 2 unspecified atom stereocenters. The van der Waals surface area contributed by atoms with Crippen LogP contribution >= 0.6 is 11.3 Å². The lowest BCUT2D eigenvalue weighted by molar-refractivity contribution is -0.140. The number of ether oxygens (including phenoxy) is 1. The van der Waals surface area contributed by atoms with Gasteiger partial charge in [-0.15, -0.1) is 0 Å². The van der Waals surface area contributed by atoms with E-state index in [0.717, 1.165) is 25.3 Å². The van der Waals surface area contributed by atoms with Crippen molar-refractivity contribution in [1.29, 1.82) is 0 Å². The fraction of sp³-hybridized carbons (Fsp3) is 0.516. The van der Waals surface area contributed by atoms with Crippen molar-refractivity contribution in [2.75, 3.05) is 41.9 Å². The molecule has 2 saturated carbocycles. The van der Waals surface area contributed by atoms with E-state index in [-0.39, 0.29) is 46.4 Å². The van der Waals surface area contributed by atoms with Gasteiger partial charge in [0, 0.05) is 24.8 Å². The number of fused-ring (bicyclic) bond motifs is 5. The fourth-order valence-corrected chi connectivity index (χ4v) is 11.3. The number of aromatic nitrogens is 1. The Bertz CT molecular complexity index is 1810. The number of alkyl halides is 3. The van der Waals surface area contributed by atoms with Crippen LogP contribution in [0.1, 0.15) is 41.6 Å². The van der Waals surface area contributed by atoms with E-state index in [2.05, 4.69) is 15.5 Å². The molecule has 7 rings (SSSR count). The van der Waals surface area contributed by atoms with Gasteiger partial charge in [0.15, 0.2) is 15.0 Å². The van der Waals surface area contributed by atoms with Crippen molar-refractivity contribution >= 4 is 54.0 Å². The summed E-state index contributed by atoms with van der Waals surface area (Å²) in [5.74, 6) is -2.44. The predicted octanol–water partition coefficient (Wildman–Crippen LogP) is 5.12. The van der Waals surface area contributed by atoms with E-state index in [1.807, 2.05) is 0 Å². The first-order valence-electron chi connectivity index (χ1n) is 15.2. The number of benzene rings is 2. The Kier molecular flexibility index (Phi) is 7.69. The molecule has 2 aromatic carbocycles. The SMILES string of the molecule is COc1ccc2nc(N3CC4CC(C3)CS(=O)(=O)C4)sc2c1C(=O)N[C@@H]1[C@H]2CC[C@H](C2)[C@@H]1C(=O)Nc1ccc(F)c(C(F)(F)F)c1. The molecule has 4 bridgehead atoms. The van der Waals surface area contributed by atoms with Crippen LogP contribution in [0.3, 0.4) is 0 Å². The summed E-state index contributed by atoms with van der Waals surface area (Å²) < 4.78 is 84.4.